The number of carboxylic acids is 1. The quantitative estimate of drug-likeness (QED) is 0.869. The molecule has 3 rings (SSSR count). The molecule has 0 aromatic heterocycles. The van der Waals surface area contributed by atoms with Crippen molar-refractivity contribution in [3.8, 4) is 0 Å². The first-order valence-corrected chi connectivity index (χ1v) is 8.90. The Kier molecular flexibility index (Phi) is 4.08. The van der Waals surface area contributed by atoms with Gasteiger partial charge in [0.25, 0.3) is 0 Å². The fourth-order valence-corrected chi connectivity index (χ4v) is 5.51. The second-order valence-electron chi connectivity index (χ2n) is 6.79. The molecule has 2 aliphatic carbocycles. The van der Waals surface area contributed by atoms with Gasteiger partial charge in [0, 0.05) is 19.3 Å². The van der Waals surface area contributed by atoms with Gasteiger partial charge in [0.05, 0.1) is 5.37 Å². The van der Waals surface area contributed by atoms with Crippen LogP contribution < -0.4 is 0 Å². The third kappa shape index (κ3) is 2.74. The molecule has 2 saturated carbocycles. The highest BCUT2D eigenvalue weighted by Crippen LogP contribution is 2.48. The van der Waals surface area contributed by atoms with E-state index in [1.165, 1.54) is 37.4 Å². The van der Waals surface area contributed by atoms with Gasteiger partial charge < -0.3 is 10.0 Å². The number of hydrogen-bond acceptors (Lipinski definition) is 3. The van der Waals surface area contributed by atoms with E-state index in [2.05, 4.69) is 0 Å². The Morgan fingerprint density at radius 3 is 2.67 bits per heavy atom. The molecular weight excluding hydrogens is 288 g/mol. The summed E-state index contributed by atoms with van der Waals surface area (Å²) < 4.78 is 0. The molecule has 5 nitrogen and oxygen atoms in total. The smallest absolute Gasteiger partial charge is 0.327 e. The van der Waals surface area contributed by atoms with E-state index in [0.717, 1.165) is 18.4 Å². The average Bonchev–Trinajstić information content (AvgIpc) is 3.12. The van der Waals surface area contributed by atoms with Crippen LogP contribution in [0.5, 0.6) is 0 Å². The summed E-state index contributed by atoms with van der Waals surface area (Å²) >= 11 is 1.54. The molecule has 1 saturated heterocycles. The van der Waals surface area contributed by atoms with Crippen molar-refractivity contribution in [2.24, 2.45) is 17.8 Å². The lowest BCUT2D eigenvalue weighted by molar-refractivity contribution is -0.141. The maximum Gasteiger partial charge on any atom is 0.327 e. The Labute approximate surface area is 130 Å². The number of carbonyl (C=O) groups is 2. The van der Waals surface area contributed by atoms with Crippen LogP contribution in [0.2, 0.25) is 0 Å². The number of hydrogen-bond donors (Lipinski definition) is 1. The fourth-order valence-electron chi connectivity index (χ4n) is 4.35. The van der Waals surface area contributed by atoms with E-state index >= 15 is 0 Å². The molecule has 118 valence electrons. The van der Waals surface area contributed by atoms with Crippen molar-refractivity contribution in [2.75, 3.05) is 19.3 Å². The summed E-state index contributed by atoms with van der Waals surface area (Å²) in [5.41, 5.74) is 0. The second kappa shape index (κ2) is 5.71. The molecule has 5 unspecified atom stereocenters. The fraction of sp³-hybridized carbons (Fsp3) is 0.867. The molecule has 0 radical (unpaired) electrons. The Bertz CT molecular complexity index is 445. The van der Waals surface area contributed by atoms with Crippen LogP contribution >= 0.6 is 11.8 Å². The van der Waals surface area contributed by atoms with Crippen molar-refractivity contribution in [3.63, 3.8) is 0 Å². The third-order valence-corrected chi connectivity index (χ3v) is 6.67. The molecule has 2 bridgehead atoms. The maximum absolute atomic E-state index is 12.6. The van der Waals surface area contributed by atoms with E-state index < -0.39 is 12.0 Å². The van der Waals surface area contributed by atoms with Gasteiger partial charge in [-0.1, -0.05) is 6.42 Å². The first-order valence-electron chi connectivity index (χ1n) is 7.85. The Morgan fingerprint density at radius 2 is 2.10 bits per heavy atom. The SMILES string of the molecule is CC1SCC(C(=O)O)N1C(=O)N(C)CC1CC2CCC1C2. The molecule has 3 fully saturated rings. The number of nitrogens with zero attached hydrogens (tertiary/aromatic N) is 2. The van der Waals surface area contributed by atoms with Gasteiger partial charge in [-0.05, 0) is 43.9 Å². The lowest BCUT2D eigenvalue weighted by atomic mass is 9.88. The van der Waals surface area contributed by atoms with Gasteiger partial charge in [-0.25, -0.2) is 9.59 Å². The predicted molar refractivity (Wildman–Crippen MR) is 82.1 cm³/mol. The van der Waals surface area contributed by atoms with Gasteiger partial charge in [0.2, 0.25) is 0 Å². The zero-order valence-corrected chi connectivity index (χ0v) is 13.5. The van der Waals surface area contributed by atoms with E-state index in [9.17, 15) is 14.7 Å². The predicted octanol–water partition coefficient (Wildman–Crippen LogP) is 2.32. The highest BCUT2D eigenvalue weighted by molar-refractivity contribution is 8.00. The van der Waals surface area contributed by atoms with E-state index in [1.54, 1.807) is 9.80 Å². The second-order valence-corrected chi connectivity index (χ2v) is 8.14. The molecule has 1 aliphatic heterocycles. The summed E-state index contributed by atoms with van der Waals surface area (Å²) in [5, 5.41) is 9.22. The number of aliphatic carboxylic acids is 1. The minimum absolute atomic E-state index is 0.0546. The van der Waals surface area contributed by atoms with Crippen molar-refractivity contribution in [1.29, 1.82) is 0 Å². The minimum Gasteiger partial charge on any atom is -0.480 e. The number of urea groups is 1. The van der Waals surface area contributed by atoms with Gasteiger partial charge >= 0.3 is 12.0 Å². The maximum atomic E-state index is 12.6. The molecule has 0 spiro atoms. The van der Waals surface area contributed by atoms with Crippen LogP contribution in [0.15, 0.2) is 0 Å². The van der Waals surface area contributed by atoms with Crippen LogP contribution in [0.4, 0.5) is 4.79 Å². The monoisotopic (exact) mass is 312 g/mol. The zero-order chi connectivity index (χ0) is 15.1. The molecule has 5 atom stereocenters. The van der Waals surface area contributed by atoms with Crippen molar-refractivity contribution in [2.45, 2.75) is 44.0 Å². The summed E-state index contributed by atoms with van der Waals surface area (Å²) in [4.78, 5) is 27.2. The number of amides is 2. The Morgan fingerprint density at radius 1 is 1.33 bits per heavy atom. The number of carboxylic acid groups (broad SMARTS) is 1. The number of fused-ring (bicyclic) bond motifs is 2. The normalized spacial score (nSPS) is 38.0. The summed E-state index contributed by atoms with van der Waals surface area (Å²) in [6, 6.07) is -0.803. The highest BCUT2D eigenvalue weighted by Gasteiger charge is 2.43. The number of thioether (sulfide) groups is 1. The lowest BCUT2D eigenvalue weighted by Gasteiger charge is -2.33. The molecule has 2 amide bonds. The van der Waals surface area contributed by atoms with Crippen molar-refractivity contribution < 1.29 is 14.7 Å². The first kappa shape index (κ1) is 15.0. The van der Waals surface area contributed by atoms with Crippen LogP contribution in [0.25, 0.3) is 0 Å². The van der Waals surface area contributed by atoms with Gasteiger partial charge in [-0.15, -0.1) is 11.8 Å². The van der Waals surface area contributed by atoms with E-state index in [1.807, 2.05) is 14.0 Å². The van der Waals surface area contributed by atoms with E-state index in [0.29, 0.717) is 11.7 Å². The minimum atomic E-state index is -0.895. The van der Waals surface area contributed by atoms with Crippen LogP contribution in [0.3, 0.4) is 0 Å². The molecule has 0 aromatic rings. The summed E-state index contributed by atoms with van der Waals surface area (Å²) in [6.45, 7) is 2.69. The van der Waals surface area contributed by atoms with E-state index in [4.69, 9.17) is 0 Å². The Balaban J connectivity index is 1.62. The largest absolute Gasteiger partial charge is 0.480 e. The summed E-state index contributed by atoms with van der Waals surface area (Å²) in [7, 11) is 1.82. The van der Waals surface area contributed by atoms with Gasteiger partial charge in [0.1, 0.15) is 6.04 Å². The molecule has 21 heavy (non-hydrogen) atoms. The summed E-state index contributed by atoms with van der Waals surface area (Å²) in [6.07, 6.45) is 5.25. The van der Waals surface area contributed by atoms with Crippen molar-refractivity contribution in [1.82, 2.24) is 9.80 Å². The van der Waals surface area contributed by atoms with Crippen molar-refractivity contribution in [3.05, 3.63) is 0 Å². The standard InChI is InChI=1S/C15H24N2O3S/c1-9-17(13(8-21-9)14(18)19)15(20)16(2)7-12-6-10-3-4-11(12)5-10/h9-13H,3-8H2,1-2H3,(H,18,19). The summed E-state index contributed by atoms with van der Waals surface area (Å²) in [5.74, 6) is 1.87. The first-order chi connectivity index (χ1) is 9.97. The van der Waals surface area contributed by atoms with Crippen LogP contribution in [0, 0.1) is 17.8 Å². The molecule has 0 aromatic carbocycles. The van der Waals surface area contributed by atoms with Crippen LogP contribution in [-0.2, 0) is 4.79 Å². The molecule has 1 heterocycles. The van der Waals surface area contributed by atoms with Crippen LogP contribution in [0.1, 0.15) is 32.6 Å². The van der Waals surface area contributed by atoms with Crippen molar-refractivity contribution >= 4 is 23.8 Å². The molecule has 1 N–H and O–H groups in total. The van der Waals surface area contributed by atoms with Gasteiger partial charge in [0.15, 0.2) is 0 Å². The lowest BCUT2D eigenvalue weighted by Crippen LogP contribution is -2.51. The van der Waals surface area contributed by atoms with Gasteiger partial charge in [-0.3, -0.25) is 4.90 Å². The average molecular weight is 312 g/mol. The topological polar surface area (TPSA) is 60.9 Å². The number of rotatable bonds is 3. The number of carbonyl (C=O) groups excluding carboxylic acids is 1. The van der Waals surface area contributed by atoms with Crippen LogP contribution in [-0.4, -0.2) is 57.7 Å². The molecule has 6 heteroatoms. The van der Waals surface area contributed by atoms with E-state index in [-0.39, 0.29) is 11.4 Å². The molecule has 3 aliphatic rings. The third-order valence-electron chi connectivity index (χ3n) is 5.45. The highest BCUT2D eigenvalue weighted by atomic mass is 32.2. The Hall–Kier alpha value is -0.910. The van der Waals surface area contributed by atoms with Gasteiger partial charge in [-0.2, -0.15) is 0 Å². The zero-order valence-electron chi connectivity index (χ0n) is 12.7. The molecular formula is C15H24N2O3S.